The van der Waals surface area contributed by atoms with Gasteiger partial charge in [0.05, 0.1) is 6.33 Å². The van der Waals surface area contributed by atoms with Gasteiger partial charge in [-0.05, 0) is 59.7 Å². The molecule has 0 spiro atoms. The summed E-state index contributed by atoms with van der Waals surface area (Å²) in [4.78, 5) is 6.44. The Labute approximate surface area is 203 Å². The Balaban J connectivity index is 1.13. The van der Waals surface area contributed by atoms with Crippen molar-refractivity contribution in [2.75, 3.05) is 26.7 Å². The lowest BCUT2D eigenvalue weighted by molar-refractivity contribution is 0.173. The zero-order valence-corrected chi connectivity index (χ0v) is 19.1. The first kappa shape index (κ1) is 21.4. The van der Waals surface area contributed by atoms with Crippen LogP contribution in [0.4, 0.5) is 0 Å². The fourth-order valence-electron chi connectivity index (χ4n) is 4.23. The summed E-state index contributed by atoms with van der Waals surface area (Å²) in [6.45, 7) is 3.33. The highest BCUT2D eigenvalue weighted by Gasteiger charge is 2.17. The predicted molar refractivity (Wildman–Crippen MR) is 128 cm³/mol. The SMILES string of the molecule is c1cn(-c2ccc(OCCN(Cc3ccc4c(c3)OCO4)Cc3ccc4c(c3)OCO4)cc2)cn1. The van der Waals surface area contributed by atoms with E-state index in [4.69, 9.17) is 23.7 Å². The second kappa shape index (κ2) is 9.60. The molecule has 0 amide bonds. The summed E-state index contributed by atoms with van der Waals surface area (Å²) < 4.78 is 30.1. The maximum Gasteiger partial charge on any atom is 0.231 e. The maximum absolute atomic E-state index is 6.08. The van der Waals surface area contributed by atoms with Crippen LogP contribution < -0.4 is 23.7 Å². The molecule has 0 N–H and O–H groups in total. The maximum atomic E-state index is 6.08. The molecule has 0 saturated carbocycles. The number of hydrogen-bond donors (Lipinski definition) is 0. The topological polar surface area (TPSA) is 67.2 Å². The third kappa shape index (κ3) is 4.88. The van der Waals surface area contributed by atoms with E-state index < -0.39 is 0 Å². The van der Waals surface area contributed by atoms with Crippen LogP contribution in [-0.2, 0) is 13.1 Å². The second-order valence-electron chi connectivity index (χ2n) is 8.40. The summed E-state index contributed by atoms with van der Waals surface area (Å²) in [6, 6.07) is 20.2. The van der Waals surface area contributed by atoms with Crippen molar-refractivity contribution in [3.8, 4) is 34.4 Å². The van der Waals surface area contributed by atoms with E-state index in [1.54, 1.807) is 12.5 Å². The molecule has 8 heteroatoms. The van der Waals surface area contributed by atoms with Gasteiger partial charge in [-0.3, -0.25) is 4.90 Å². The van der Waals surface area contributed by atoms with Gasteiger partial charge in [0, 0.05) is 37.7 Å². The van der Waals surface area contributed by atoms with Gasteiger partial charge in [-0.15, -0.1) is 0 Å². The minimum absolute atomic E-state index is 0.271. The van der Waals surface area contributed by atoms with Crippen LogP contribution in [0.25, 0.3) is 5.69 Å². The first-order chi connectivity index (χ1) is 17.3. The van der Waals surface area contributed by atoms with Gasteiger partial charge in [-0.1, -0.05) is 12.1 Å². The zero-order valence-electron chi connectivity index (χ0n) is 19.1. The lowest BCUT2D eigenvalue weighted by Gasteiger charge is -2.23. The normalized spacial score (nSPS) is 13.4. The van der Waals surface area contributed by atoms with Crippen molar-refractivity contribution in [2.45, 2.75) is 13.1 Å². The lowest BCUT2D eigenvalue weighted by atomic mass is 10.1. The molecule has 4 aromatic rings. The van der Waals surface area contributed by atoms with E-state index in [2.05, 4.69) is 22.0 Å². The van der Waals surface area contributed by atoms with E-state index in [9.17, 15) is 0 Å². The summed E-state index contributed by atoms with van der Waals surface area (Å²) in [7, 11) is 0. The van der Waals surface area contributed by atoms with Gasteiger partial charge in [0.25, 0.3) is 0 Å². The van der Waals surface area contributed by atoms with Gasteiger partial charge in [0.1, 0.15) is 12.4 Å². The standard InChI is InChI=1S/C27H25N3O5/c1-7-24-26(34-18-32-24)13-20(1)15-29(16-21-2-8-25-27(14-21)35-19-33-25)11-12-31-23-5-3-22(4-6-23)30-10-9-28-17-30/h1-10,13-14,17H,11-12,15-16,18-19H2. The predicted octanol–water partition coefficient (Wildman–Crippen LogP) is 4.41. The number of fused-ring (bicyclic) bond motifs is 2. The Bertz CT molecular complexity index is 1230. The highest BCUT2D eigenvalue weighted by molar-refractivity contribution is 5.45. The Morgan fingerprint density at radius 2 is 1.40 bits per heavy atom. The van der Waals surface area contributed by atoms with Crippen LogP contribution in [0.15, 0.2) is 79.4 Å². The van der Waals surface area contributed by atoms with Crippen molar-refractivity contribution in [1.82, 2.24) is 14.5 Å². The number of nitrogens with zero attached hydrogens (tertiary/aromatic N) is 3. The summed E-state index contributed by atoms with van der Waals surface area (Å²) in [5, 5.41) is 0. The minimum atomic E-state index is 0.271. The number of hydrogen-bond acceptors (Lipinski definition) is 7. The molecule has 0 fully saturated rings. The van der Waals surface area contributed by atoms with Crippen LogP contribution in [0.3, 0.4) is 0 Å². The van der Waals surface area contributed by atoms with Gasteiger partial charge in [0.15, 0.2) is 23.0 Å². The summed E-state index contributed by atoms with van der Waals surface area (Å²) in [6.07, 6.45) is 5.46. The van der Waals surface area contributed by atoms with Crippen molar-refractivity contribution in [3.63, 3.8) is 0 Å². The van der Waals surface area contributed by atoms with Crippen LogP contribution in [0.2, 0.25) is 0 Å². The number of aromatic nitrogens is 2. The average Bonchev–Trinajstić information content (AvgIpc) is 3.66. The molecule has 2 aliphatic rings. The van der Waals surface area contributed by atoms with Crippen LogP contribution >= 0.6 is 0 Å². The summed E-state index contributed by atoms with van der Waals surface area (Å²) in [5.74, 6) is 4.00. The fraction of sp³-hybridized carbons (Fsp3) is 0.222. The third-order valence-corrected chi connectivity index (χ3v) is 6.00. The molecule has 3 heterocycles. The summed E-state index contributed by atoms with van der Waals surface area (Å²) in [5.41, 5.74) is 3.35. The molecule has 3 aromatic carbocycles. The monoisotopic (exact) mass is 471 g/mol. The Morgan fingerprint density at radius 3 is 2.00 bits per heavy atom. The molecule has 35 heavy (non-hydrogen) atoms. The second-order valence-corrected chi connectivity index (χ2v) is 8.40. The molecule has 0 unspecified atom stereocenters. The Hall–Kier alpha value is -4.17. The molecule has 178 valence electrons. The van der Waals surface area contributed by atoms with E-state index in [-0.39, 0.29) is 13.6 Å². The quantitative estimate of drug-likeness (QED) is 0.358. The number of benzene rings is 3. The van der Waals surface area contributed by atoms with Gasteiger partial charge >= 0.3 is 0 Å². The van der Waals surface area contributed by atoms with Crippen molar-refractivity contribution in [2.24, 2.45) is 0 Å². The third-order valence-electron chi connectivity index (χ3n) is 6.00. The van der Waals surface area contributed by atoms with Gasteiger partial charge in [0.2, 0.25) is 13.6 Å². The van der Waals surface area contributed by atoms with E-state index in [1.165, 1.54) is 0 Å². The molecular weight excluding hydrogens is 446 g/mol. The lowest BCUT2D eigenvalue weighted by Crippen LogP contribution is -2.27. The van der Waals surface area contributed by atoms with Crippen molar-refractivity contribution >= 4 is 0 Å². The van der Waals surface area contributed by atoms with Crippen LogP contribution in [0.1, 0.15) is 11.1 Å². The largest absolute Gasteiger partial charge is 0.492 e. The molecule has 0 aliphatic carbocycles. The zero-order chi connectivity index (χ0) is 23.5. The van der Waals surface area contributed by atoms with E-state index >= 15 is 0 Å². The first-order valence-electron chi connectivity index (χ1n) is 11.5. The molecular formula is C27H25N3O5. The van der Waals surface area contributed by atoms with Crippen LogP contribution in [0, 0.1) is 0 Å². The minimum Gasteiger partial charge on any atom is -0.492 e. The highest BCUT2D eigenvalue weighted by Crippen LogP contribution is 2.34. The van der Waals surface area contributed by atoms with Crippen LogP contribution in [-0.4, -0.2) is 41.2 Å². The van der Waals surface area contributed by atoms with Crippen molar-refractivity contribution in [1.29, 1.82) is 0 Å². The molecule has 0 bridgehead atoms. The number of imidazole rings is 1. The van der Waals surface area contributed by atoms with Gasteiger partial charge in [-0.25, -0.2) is 4.98 Å². The van der Waals surface area contributed by atoms with E-state index in [0.717, 1.165) is 65.2 Å². The molecule has 1 aromatic heterocycles. The Kier molecular flexibility index (Phi) is 5.86. The van der Waals surface area contributed by atoms with Crippen molar-refractivity contribution < 1.29 is 23.7 Å². The van der Waals surface area contributed by atoms with Gasteiger partial charge in [-0.2, -0.15) is 0 Å². The van der Waals surface area contributed by atoms with E-state index in [1.807, 2.05) is 59.3 Å². The number of ether oxygens (including phenoxy) is 5. The Morgan fingerprint density at radius 1 is 0.771 bits per heavy atom. The van der Waals surface area contributed by atoms with E-state index in [0.29, 0.717) is 6.61 Å². The average molecular weight is 472 g/mol. The molecule has 0 saturated heterocycles. The number of rotatable bonds is 9. The van der Waals surface area contributed by atoms with Gasteiger partial charge < -0.3 is 28.3 Å². The van der Waals surface area contributed by atoms with Crippen molar-refractivity contribution in [3.05, 3.63) is 90.5 Å². The molecule has 6 rings (SSSR count). The molecule has 8 nitrogen and oxygen atoms in total. The molecule has 0 radical (unpaired) electrons. The molecule has 0 atom stereocenters. The smallest absolute Gasteiger partial charge is 0.231 e. The first-order valence-corrected chi connectivity index (χ1v) is 11.5. The fourth-order valence-corrected chi connectivity index (χ4v) is 4.23. The summed E-state index contributed by atoms with van der Waals surface area (Å²) >= 11 is 0. The van der Waals surface area contributed by atoms with Crippen LogP contribution in [0.5, 0.6) is 28.7 Å². The molecule has 2 aliphatic heterocycles. The highest BCUT2D eigenvalue weighted by atomic mass is 16.7.